The van der Waals surface area contributed by atoms with E-state index < -0.39 is 0 Å². The van der Waals surface area contributed by atoms with Gasteiger partial charge in [0.25, 0.3) is 0 Å². The van der Waals surface area contributed by atoms with Crippen LogP contribution in [0.2, 0.25) is 0 Å². The number of nitrogens with one attached hydrogen (secondary N) is 2. The van der Waals surface area contributed by atoms with Crippen molar-refractivity contribution in [3.05, 3.63) is 60.4 Å². The van der Waals surface area contributed by atoms with Gasteiger partial charge in [-0.25, -0.2) is 9.78 Å². The van der Waals surface area contributed by atoms with Crippen LogP contribution in [0.4, 0.5) is 10.5 Å². The van der Waals surface area contributed by atoms with Crippen molar-refractivity contribution in [2.75, 3.05) is 5.32 Å². The molecule has 0 spiro atoms. The largest absolute Gasteiger partial charge is 0.474 e. The van der Waals surface area contributed by atoms with E-state index in [1.807, 2.05) is 42.5 Å². The van der Waals surface area contributed by atoms with Gasteiger partial charge in [0.05, 0.1) is 11.2 Å². The van der Waals surface area contributed by atoms with E-state index in [0.29, 0.717) is 24.2 Å². The first-order valence-electron chi connectivity index (χ1n) is 9.28. The van der Waals surface area contributed by atoms with Gasteiger partial charge in [-0.1, -0.05) is 24.3 Å². The highest BCUT2D eigenvalue weighted by Gasteiger charge is 2.16. The lowest BCUT2D eigenvalue weighted by Crippen LogP contribution is -2.28. The van der Waals surface area contributed by atoms with E-state index in [0.717, 1.165) is 29.3 Å². The smallest absolute Gasteiger partial charge is 0.319 e. The van der Waals surface area contributed by atoms with Gasteiger partial charge in [0, 0.05) is 30.4 Å². The van der Waals surface area contributed by atoms with Crippen LogP contribution in [-0.4, -0.2) is 22.1 Å². The zero-order valence-corrected chi connectivity index (χ0v) is 15.0. The summed E-state index contributed by atoms with van der Waals surface area (Å²) in [4.78, 5) is 20.9. The number of benzene rings is 1. The SMILES string of the molecule is O=C(NCc1ccc(OC2CCCC2)nc1)Nc1cccc2cccnc12. The van der Waals surface area contributed by atoms with Gasteiger partial charge in [0.1, 0.15) is 6.10 Å². The van der Waals surface area contributed by atoms with Crippen molar-refractivity contribution in [1.82, 2.24) is 15.3 Å². The van der Waals surface area contributed by atoms with Gasteiger partial charge in [0.2, 0.25) is 5.88 Å². The summed E-state index contributed by atoms with van der Waals surface area (Å²) in [5, 5.41) is 6.69. The van der Waals surface area contributed by atoms with Crippen molar-refractivity contribution >= 4 is 22.6 Å². The summed E-state index contributed by atoms with van der Waals surface area (Å²) in [6, 6.07) is 13.1. The van der Waals surface area contributed by atoms with Gasteiger partial charge in [-0.3, -0.25) is 4.98 Å². The van der Waals surface area contributed by atoms with E-state index in [4.69, 9.17) is 4.74 Å². The molecule has 6 nitrogen and oxygen atoms in total. The predicted molar refractivity (Wildman–Crippen MR) is 105 cm³/mol. The minimum atomic E-state index is -0.278. The van der Waals surface area contributed by atoms with Crippen LogP contribution in [0.25, 0.3) is 10.9 Å². The summed E-state index contributed by atoms with van der Waals surface area (Å²) in [6.07, 6.45) is 8.42. The maximum Gasteiger partial charge on any atom is 0.319 e. The van der Waals surface area contributed by atoms with Crippen LogP contribution in [0.1, 0.15) is 31.2 Å². The number of urea groups is 1. The summed E-state index contributed by atoms with van der Waals surface area (Å²) >= 11 is 0. The zero-order valence-electron chi connectivity index (χ0n) is 15.0. The Labute approximate surface area is 158 Å². The number of anilines is 1. The Hall–Kier alpha value is -3.15. The van der Waals surface area contributed by atoms with Crippen molar-refractivity contribution in [3.63, 3.8) is 0 Å². The molecule has 2 aromatic heterocycles. The van der Waals surface area contributed by atoms with Crippen LogP contribution in [0.15, 0.2) is 54.9 Å². The minimum absolute atomic E-state index is 0.278. The van der Waals surface area contributed by atoms with Crippen molar-refractivity contribution in [2.24, 2.45) is 0 Å². The molecular weight excluding hydrogens is 340 g/mol. The summed E-state index contributed by atoms with van der Waals surface area (Å²) in [5.41, 5.74) is 2.37. The van der Waals surface area contributed by atoms with Gasteiger partial charge in [-0.05, 0) is 43.4 Å². The summed E-state index contributed by atoms with van der Waals surface area (Å²) in [6.45, 7) is 0.390. The normalized spacial score (nSPS) is 14.2. The Morgan fingerprint density at radius 3 is 2.74 bits per heavy atom. The Kier molecular flexibility index (Phi) is 5.14. The molecule has 1 aromatic carbocycles. The number of hydrogen-bond acceptors (Lipinski definition) is 4. The number of nitrogens with zero attached hydrogens (tertiary/aromatic N) is 2. The third kappa shape index (κ3) is 4.34. The van der Waals surface area contributed by atoms with Crippen LogP contribution in [0.5, 0.6) is 5.88 Å². The number of pyridine rings is 2. The molecule has 1 fully saturated rings. The first-order valence-corrected chi connectivity index (χ1v) is 9.28. The third-order valence-electron chi connectivity index (χ3n) is 4.72. The molecule has 27 heavy (non-hydrogen) atoms. The molecule has 0 saturated heterocycles. The van der Waals surface area contributed by atoms with E-state index in [-0.39, 0.29) is 6.03 Å². The zero-order chi connectivity index (χ0) is 18.5. The standard InChI is InChI=1S/C21H22N4O2/c26-21(25-18-9-3-5-16-6-4-12-22-20(16)18)24-14-15-10-11-19(23-13-15)27-17-7-1-2-8-17/h3-6,9-13,17H,1-2,7-8,14H2,(H2,24,25,26). The number of carbonyl (C=O) groups is 1. The Balaban J connectivity index is 1.32. The number of carbonyl (C=O) groups excluding carboxylic acids is 1. The van der Waals surface area contributed by atoms with Gasteiger partial charge in [-0.2, -0.15) is 0 Å². The highest BCUT2D eigenvalue weighted by atomic mass is 16.5. The summed E-state index contributed by atoms with van der Waals surface area (Å²) < 4.78 is 5.86. The second-order valence-electron chi connectivity index (χ2n) is 6.72. The number of hydrogen-bond donors (Lipinski definition) is 2. The second-order valence-corrected chi connectivity index (χ2v) is 6.72. The number of fused-ring (bicyclic) bond motifs is 1. The van der Waals surface area contributed by atoms with Crippen LogP contribution in [0, 0.1) is 0 Å². The monoisotopic (exact) mass is 362 g/mol. The molecule has 138 valence electrons. The molecule has 2 N–H and O–H groups in total. The van der Waals surface area contributed by atoms with Crippen molar-refractivity contribution in [3.8, 4) is 5.88 Å². The van der Waals surface area contributed by atoms with E-state index >= 15 is 0 Å². The summed E-state index contributed by atoms with van der Waals surface area (Å²) in [5.74, 6) is 0.650. The van der Waals surface area contributed by atoms with Gasteiger partial charge >= 0.3 is 6.03 Å². The number of ether oxygens (including phenoxy) is 1. The fourth-order valence-electron chi connectivity index (χ4n) is 3.32. The number of para-hydroxylation sites is 1. The van der Waals surface area contributed by atoms with Gasteiger partial charge in [0.15, 0.2) is 0 Å². The quantitative estimate of drug-likeness (QED) is 0.710. The van der Waals surface area contributed by atoms with E-state index in [9.17, 15) is 4.79 Å². The molecule has 0 aliphatic heterocycles. The van der Waals surface area contributed by atoms with Crippen LogP contribution in [0.3, 0.4) is 0 Å². The average molecular weight is 362 g/mol. The highest BCUT2D eigenvalue weighted by Crippen LogP contribution is 2.23. The molecule has 0 atom stereocenters. The molecule has 3 aromatic rings. The van der Waals surface area contributed by atoms with Crippen molar-refractivity contribution in [2.45, 2.75) is 38.3 Å². The lowest BCUT2D eigenvalue weighted by molar-refractivity contribution is 0.201. The molecule has 4 rings (SSSR count). The van der Waals surface area contributed by atoms with E-state index in [2.05, 4.69) is 20.6 Å². The summed E-state index contributed by atoms with van der Waals surface area (Å²) in [7, 11) is 0. The fraction of sp³-hybridized carbons (Fsp3) is 0.286. The number of amides is 2. The lowest BCUT2D eigenvalue weighted by atomic mass is 10.2. The first-order chi connectivity index (χ1) is 13.3. The van der Waals surface area contributed by atoms with E-state index in [1.54, 1.807) is 12.4 Å². The average Bonchev–Trinajstić information content (AvgIpc) is 3.21. The molecule has 1 aliphatic carbocycles. The first kappa shape index (κ1) is 17.3. The molecule has 0 bridgehead atoms. The van der Waals surface area contributed by atoms with Crippen LogP contribution >= 0.6 is 0 Å². The van der Waals surface area contributed by atoms with Crippen LogP contribution in [-0.2, 0) is 6.54 Å². The van der Waals surface area contributed by atoms with Gasteiger partial charge in [-0.15, -0.1) is 0 Å². The minimum Gasteiger partial charge on any atom is -0.474 e. The maximum absolute atomic E-state index is 12.2. The Bertz CT molecular complexity index is 916. The predicted octanol–water partition coefficient (Wildman–Crippen LogP) is 4.27. The molecule has 1 aliphatic rings. The molecule has 2 heterocycles. The van der Waals surface area contributed by atoms with Crippen LogP contribution < -0.4 is 15.4 Å². The van der Waals surface area contributed by atoms with E-state index in [1.165, 1.54) is 12.8 Å². The van der Waals surface area contributed by atoms with Crippen molar-refractivity contribution < 1.29 is 9.53 Å². The molecule has 2 amide bonds. The topological polar surface area (TPSA) is 76.1 Å². The number of aromatic nitrogens is 2. The maximum atomic E-state index is 12.2. The van der Waals surface area contributed by atoms with Crippen molar-refractivity contribution in [1.29, 1.82) is 0 Å². The number of rotatable bonds is 5. The molecular formula is C21H22N4O2. The highest BCUT2D eigenvalue weighted by molar-refractivity contribution is 5.99. The molecule has 1 saturated carbocycles. The Morgan fingerprint density at radius 1 is 1.07 bits per heavy atom. The fourth-order valence-corrected chi connectivity index (χ4v) is 3.32. The second kappa shape index (κ2) is 8.03. The third-order valence-corrected chi connectivity index (χ3v) is 4.72. The Morgan fingerprint density at radius 2 is 1.93 bits per heavy atom. The molecule has 0 unspecified atom stereocenters. The molecule has 0 radical (unpaired) electrons. The van der Waals surface area contributed by atoms with Gasteiger partial charge < -0.3 is 15.4 Å². The lowest BCUT2D eigenvalue weighted by Gasteiger charge is -2.12. The molecule has 6 heteroatoms.